The number of likely N-dealkylation sites (tertiary alicyclic amines) is 1. The Labute approximate surface area is 129 Å². The van der Waals surface area contributed by atoms with Crippen LogP contribution < -0.4 is 5.32 Å². The number of nitrogens with zero attached hydrogens (tertiary/aromatic N) is 4. The average Bonchev–Trinajstić information content (AvgIpc) is 3.11. The summed E-state index contributed by atoms with van der Waals surface area (Å²) in [6.07, 6.45) is 5.52. The second kappa shape index (κ2) is 4.84. The quantitative estimate of drug-likeness (QED) is 0.922. The van der Waals surface area contributed by atoms with E-state index in [1.165, 1.54) is 5.56 Å². The Hall–Kier alpha value is -2.34. The van der Waals surface area contributed by atoms with Crippen molar-refractivity contribution in [2.75, 3.05) is 26.7 Å². The fourth-order valence-corrected chi connectivity index (χ4v) is 3.36. The summed E-state index contributed by atoms with van der Waals surface area (Å²) in [4.78, 5) is 19.9. The van der Waals surface area contributed by atoms with E-state index in [1.54, 1.807) is 12.5 Å². The van der Waals surface area contributed by atoms with Crippen LogP contribution in [0.25, 0.3) is 5.69 Å². The minimum absolute atomic E-state index is 0.00777. The molecular weight excluding hydrogens is 278 g/mol. The van der Waals surface area contributed by atoms with Gasteiger partial charge in [-0.1, -0.05) is 12.1 Å². The Bertz CT molecular complexity index is 673. The van der Waals surface area contributed by atoms with Gasteiger partial charge in [0.1, 0.15) is 0 Å². The van der Waals surface area contributed by atoms with Crippen molar-refractivity contribution < 1.29 is 4.79 Å². The minimum atomic E-state index is 0.00777. The molecule has 1 spiro atoms. The molecule has 2 amide bonds. The van der Waals surface area contributed by atoms with Crippen molar-refractivity contribution in [3.05, 3.63) is 48.5 Å². The normalized spacial score (nSPS) is 20.2. The van der Waals surface area contributed by atoms with E-state index in [4.69, 9.17) is 0 Å². The van der Waals surface area contributed by atoms with E-state index in [0.29, 0.717) is 0 Å². The molecule has 22 heavy (non-hydrogen) atoms. The highest BCUT2D eigenvalue weighted by Crippen LogP contribution is 2.31. The average molecular weight is 297 g/mol. The maximum Gasteiger partial charge on any atom is 0.317 e. The molecule has 0 unspecified atom stereocenters. The zero-order valence-corrected chi connectivity index (χ0v) is 12.6. The SMILES string of the molecule is CN1C(=O)NCC12CN(Cc1ccc(-n3ccnc3)cc1)C2. The first-order valence-corrected chi connectivity index (χ1v) is 7.48. The first-order chi connectivity index (χ1) is 10.7. The summed E-state index contributed by atoms with van der Waals surface area (Å²) in [5, 5.41) is 2.92. The molecule has 4 rings (SSSR count). The van der Waals surface area contributed by atoms with Crippen molar-refractivity contribution in [3.8, 4) is 5.69 Å². The number of likely N-dealkylation sites (N-methyl/N-ethyl adjacent to an activating group) is 1. The van der Waals surface area contributed by atoms with Gasteiger partial charge in [-0.15, -0.1) is 0 Å². The molecule has 114 valence electrons. The highest BCUT2D eigenvalue weighted by molar-refractivity contribution is 5.78. The lowest BCUT2D eigenvalue weighted by Gasteiger charge is -2.50. The summed E-state index contributed by atoms with van der Waals surface area (Å²) in [6.45, 7) is 3.56. The van der Waals surface area contributed by atoms with Crippen LogP contribution in [0, 0.1) is 0 Å². The number of aromatic nitrogens is 2. The summed E-state index contributed by atoms with van der Waals surface area (Å²) in [5.74, 6) is 0. The molecule has 6 heteroatoms. The zero-order valence-electron chi connectivity index (χ0n) is 12.6. The van der Waals surface area contributed by atoms with E-state index in [-0.39, 0.29) is 11.6 Å². The molecule has 0 aliphatic carbocycles. The summed E-state index contributed by atoms with van der Waals surface area (Å²) >= 11 is 0. The van der Waals surface area contributed by atoms with Gasteiger partial charge in [0.25, 0.3) is 0 Å². The van der Waals surface area contributed by atoms with Gasteiger partial charge in [-0.3, -0.25) is 4.90 Å². The number of benzene rings is 1. The molecule has 2 aromatic rings. The van der Waals surface area contributed by atoms with E-state index in [2.05, 4.69) is 39.5 Å². The molecular formula is C16H19N5O. The van der Waals surface area contributed by atoms with E-state index in [0.717, 1.165) is 31.9 Å². The molecule has 1 N–H and O–H groups in total. The smallest absolute Gasteiger partial charge is 0.317 e. The third-order valence-electron chi connectivity index (χ3n) is 4.77. The molecule has 2 saturated heterocycles. The predicted octanol–water partition coefficient (Wildman–Crippen LogP) is 1.08. The highest BCUT2D eigenvalue weighted by atomic mass is 16.2. The van der Waals surface area contributed by atoms with Crippen molar-refractivity contribution in [2.24, 2.45) is 0 Å². The van der Waals surface area contributed by atoms with E-state index in [9.17, 15) is 4.79 Å². The van der Waals surface area contributed by atoms with Gasteiger partial charge in [-0.2, -0.15) is 0 Å². The maximum atomic E-state index is 11.6. The third-order valence-corrected chi connectivity index (χ3v) is 4.77. The van der Waals surface area contributed by atoms with Gasteiger partial charge in [-0.05, 0) is 17.7 Å². The first kappa shape index (κ1) is 13.3. The number of hydrogen-bond donors (Lipinski definition) is 1. The molecule has 2 fully saturated rings. The van der Waals surface area contributed by atoms with Crippen LogP contribution in [0.5, 0.6) is 0 Å². The van der Waals surface area contributed by atoms with Crippen molar-refractivity contribution in [2.45, 2.75) is 12.1 Å². The zero-order chi connectivity index (χ0) is 15.2. The van der Waals surface area contributed by atoms with Gasteiger partial charge >= 0.3 is 6.03 Å². The lowest BCUT2D eigenvalue weighted by molar-refractivity contribution is -0.00105. The van der Waals surface area contributed by atoms with Crippen LogP contribution in [0.3, 0.4) is 0 Å². The second-order valence-corrected chi connectivity index (χ2v) is 6.22. The number of carbonyl (C=O) groups is 1. The number of carbonyl (C=O) groups excluding carboxylic acids is 1. The van der Waals surface area contributed by atoms with Crippen LogP contribution in [-0.2, 0) is 6.54 Å². The van der Waals surface area contributed by atoms with E-state index < -0.39 is 0 Å². The van der Waals surface area contributed by atoms with Gasteiger partial charge in [-0.25, -0.2) is 9.78 Å². The fraction of sp³-hybridized carbons (Fsp3) is 0.375. The van der Waals surface area contributed by atoms with Gasteiger partial charge < -0.3 is 14.8 Å². The Morgan fingerprint density at radius 3 is 2.64 bits per heavy atom. The van der Waals surface area contributed by atoms with Gasteiger partial charge in [0.2, 0.25) is 0 Å². The first-order valence-electron chi connectivity index (χ1n) is 7.48. The van der Waals surface area contributed by atoms with Gasteiger partial charge in [0.15, 0.2) is 0 Å². The number of nitrogens with one attached hydrogen (secondary N) is 1. The molecule has 0 saturated carbocycles. The minimum Gasteiger partial charge on any atom is -0.336 e. The molecule has 0 radical (unpaired) electrons. The van der Waals surface area contributed by atoms with Crippen LogP contribution in [0.2, 0.25) is 0 Å². The molecule has 2 aliphatic heterocycles. The Morgan fingerprint density at radius 2 is 2.05 bits per heavy atom. The van der Waals surface area contributed by atoms with Crippen LogP contribution in [-0.4, -0.2) is 57.6 Å². The summed E-state index contributed by atoms with van der Waals surface area (Å²) in [5.41, 5.74) is 2.42. The highest BCUT2D eigenvalue weighted by Gasteiger charge is 2.51. The topological polar surface area (TPSA) is 53.4 Å². The van der Waals surface area contributed by atoms with Gasteiger partial charge in [0, 0.05) is 51.3 Å². The van der Waals surface area contributed by atoms with Crippen LogP contribution >= 0.6 is 0 Å². The molecule has 0 bridgehead atoms. The fourth-order valence-electron chi connectivity index (χ4n) is 3.36. The predicted molar refractivity (Wildman–Crippen MR) is 82.7 cm³/mol. The molecule has 6 nitrogen and oxygen atoms in total. The van der Waals surface area contributed by atoms with Crippen molar-refractivity contribution in [1.29, 1.82) is 0 Å². The Balaban J connectivity index is 1.38. The van der Waals surface area contributed by atoms with Crippen LogP contribution in [0.15, 0.2) is 43.0 Å². The molecule has 1 aromatic carbocycles. The molecule has 3 heterocycles. The van der Waals surface area contributed by atoms with Crippen molar-refractivity contribution >= 4 is 6.03 Å². The standard InChI is InChI=1S/C16H19N5O/c1-19-15(22)18-9-16(19)10-20(11-16)8-13-2-4-14(5-3-13)21-7-6-17-12-21/h2-7,12H,8-11H2,1H3,(H,18,22). The van der Waals surface area contributed by atoms with E-state index >= 15 is 0 Å². The molecule has 2 aliphatic rings. The molecule has 1 aromatic heterocycles. The largest absolute Gasteiger partial charge is 0.336 e. The summed E-state index contributed by atoms with van der Waals surface area (Å²) in [7, 11) is 1.89. The van der Waals surface area contributed by atoms with E-state index in [1.807, 2.05) is 22.7 Å². The third kappa shape index (κ3) is 2.07. The number of amides is 2. The number of hydrogen-bond acceptors (Lipinski definition) is 3. The summed E-state index contributed by atoms with van der Waals surface area (Å²) in [6, 6.07) is 8.58. The lowest BCUT2D eigenvalue weighted by Crippen LogP contribution is -2.68. The maximum absolute atomic E-state index is 11.6. The van der Waals surface area contributed by atoms with Gasteiger partial charge in [0.05, 0.1) is 11.9 Å². The van der Waals surface area contributed by atoms with Crippen molar-refractivity contribution in [1.82, 2.24) is 24.7 Å². The number of urea groups is 1. The molecule has 0 atom stereocenters. The number of imidazole rings is 1. The number of rotatable bonds is 3. The second-order valence-electron chi connectivity index (χ2n) is 6.22. The van der Waals surface area contributed by atoms with Crippen molar-refractivity contribution in [3.63, 3.8) is 0 Å². The van der Waals surface area contributed by atoms with Crippen LogP contribution in [0.4, 0.5) is 4.79 Å². The monoisotopic (exact) mass is 297 g/mol. The van der Waals surface area contributed by atoms with Crippen LogP contribution in [0.1, 0.15) is 5.56 Å². The summed E-state index contributed by atoms with van der Waals surface area (Å²) < 4.78 is 1.99. The lowest BCUT2D eigenvalue weighted by atomic mass is 9.89. The Morgan fingerprint density at radius 1 is 1.27 bits per heavy atom. The Kier molecular flexibility index (Phi) is 2.94.